The fraction of sp³-hybridized carbons (Fsp3) is 0.0952. The summed E-state index contributed by atoms with van der Waals surface area (Å²) in [6.07, 6.45) is 3.78. The number of thioether (sulfide) groups is 1. The Morgan fingerprint density at radius 3 is 2.54 bits per heavy atom. The van der Waals surface area contributed by atoms with Crippen molar-refractivity contribution >= 4 is 63.5 Å². The Kier molecular flexibility index (Phi) is 6.67. The molecular formula is C21H17ClN2O2S2. The molecule has 7 heteroatoms. The normalized spacial score (nSPS) is 16.0. The molecule has 0 unspecified atom stereocenters. The number of halogens is 1. The van der Waals surface area contributed by atoms with Crippen molar-refractivity contribution in [3.63, 3.8) is 0 Å². The van der Waals surface area contributed by atoms with Gasteiger partial charge >= 0.3 is 0 Å². The number of allylic oxidation sites excluding steroid dienone is 2. The van der Waals surface area contributed by atoms with Crippen LogP contribution in [0.4, 0.5) is 5.69 Å². The highest BCUT2D eigenvalue weighted by molar-refractivity contribution is 8.26. The van der Waals surface area contributed by atoms with Crippen LogP contribution in [0, 0.1) is 0 Å². The summed E-state index contributed by atoms with van der Waals surface area (Å²) in [5, 5.41) is 3.32. The summed E-state index contributed by atoms with van der Waals surface area (Å²) in [6, 6.07) is 16.6. The number of benzene rings is 2. The van der Waals surface area contributed by atoms with Gasteiger partial charge in [-0.3, -0.25) is 14.5 Å². The van der Waals surface area contributed by atoms with E-state index in [0.717, 1.165) is 11.1 Å². The molecule has 2 amide bonds. The van der Waals surface area contributed by atoms with Crippen LogP contribution in [0.25, 0.3) is 6.08 Å². The highest BCUT2D eigenvalue weighted by atomic mass is 35.5. The first-order valence-corrected chi connectivity index (χ1v) is 10.1. The fourth-order valence-corrected chi connectivity index (χ4v) is 4.01. The molecule has 0 atom stereocenters. The van der Waals surface area contributed by atoms with Crippen LogP contribution in [0.15, 0.2) is 71.2 Å². The summed E-state index contributed by atoms with van der Waals surface area (Å²) in [6.45, 7) is 1.79. The molecule has 0 aromatic heterocycles. The predicted molar refractivity (Wildman–Crippen MR) is 120 cm³/mol. The van der Waals surface area contributed by atoms with Crippen molar-refractivity contribution in [3.8, 4) is 0 Å². The van der Waals surface area contributed by atoms with Gasteiger partial charge in [0.15, 0.2) is 0 Å². The van der Waals surface area contributed by atoms with Gasteiger partial charge in [0.05, 0.1) is 4.91 Å². The molecule has 0 aliphatic carbocycles. The lowest BCUT2D eigenvalue weighted by Crippen LogP contribution is -2.36. The number of thiocarbonyl (C=S) groups is 1. The number of carbonyl (C=O) groups excluding carboxylic acids is 2. The first kappa shape index (κ1) is 20.3. The zero-order chi connectivity index (χ0) is 20.1. The van der Waals surface area contributed by atoms with E-state index in [1.807, 2.05) is 43.3 Å². The highest BCUT2D eigenvalue weighted by Gasteiger charge is 2.33. The number of nitrogens with zero attached hydrogens (tertiary/aromatic N) is 1. The number of nitrogens with one attached hydrogen (secondary N) is 1. The lowest BCUT2D eigenvalue weighted by Gasteiger charge is -2.14. The van der Waals surface area contributed by atoms with Crippen LogP contribution in [-0.2, 0) is 9.59 Å². The fourth-order valence-electron chi connectivity index (χ4n) is 2.57. The van der Waals surface area contributed by atoms with Crippen molar-refractivity contribution in [3.05, 3.63) is 81.7 Å². The Labute approximate surface area is 178 Å². The first-order valence-electron chi connectivity index (χ1n) is 8.46. The Morgan fingerprint density at radius 2 is 1.86 bits per heavy atom. The van der Waals surface area contributed by atoms with Gasteiger partial charge in [0.2, 0.25) is 5.91 Å². The summed E-state index contributed by atoms with van der Waals surface area (Å²) in [7, 11) is 0. The largest absolute Gasteiger partial charge is 0.325 e. The molecule has 0 spiro atoms. The van der Waals surface area contributed by atoms with Gasteiger partial charge in [-0.05, 0) is 48.4 Å². The molecule has 1 heterocycles. The summed E-state index contributed by atoms with van der Waals surface area (Å²) < 4.78 is 0.370. The average Bonchev–Trinajstić information content (AvgIpc) is 2.91. The molecule has 0 radical (unpaired) electrons. The van der Waals surface area contributed by atoms with E-state index in [-0.39, 0.29) is 18.4 Å². The Bertz CT molecular complexity index is 970. The molecule has 2 aromatic carbocycles. The number of anilines is 1. The number of hydrogen-bond acceptors (Lipinski definition) is 4. The predicted octanol–water partition coefficient (Wildman–Crippen LogP) is 5.13. The first-order chi connectivity index (χ1) is 13.4. The number of rotatable bonds is 5. The second kappa shape index (κ2) is 9.19. The van der Waals surface area contributed by atoms with Gasteiger partial charge in [-0.15, -0.1) is 0 Å². The van der Waals surface area contributed by atoms with Gasteiger partial charge in [0.1, 0.15) is 10.9 Å². The van der Waals surface area contributed by atoms with Crippen LogP contribution < -0.4 is 5.32 Å². The SMILES string of the molecule is CC(/C=C1\SC(=S)N(CC(=O)Nc2ccc(Cl)cc2)C1=O)=C\c1ccccc1. The van der Waals surface area contributed by atoms with E-state index in [4.69, 9.17) is 23.8 Å². The summed E-state index contributed by atoms with van der Waals surface area (Å²) in [4.78, 5) is 26.8. The van der Waals surface area contributed by atoms with Crippen molar-refractivity contribution in [2.45, 2.75) is 6.92 Å². The monoisotopic (exact) mass is 428 g/mol. The van der Waals surface area contributed by atoms with Crippen LogP contribution in [0.1, 0.15) is 12.5 Å². The molecule has 1 saturated heterocycles. The lowest BCUT2D eigenvalue weighted by atomic mass is 10.1. The number of carbonyl (C=O) groups is 2. The van der Waals surface area contributed by atoms with E-state index in [1.165, 1.54) is 16.7 Å². The molecule has 0 bridgehead atoms. The van der Waals surface area contributed by atoms with Gasteiger partial charge in [-0.2, -0.15) is 0 Å². The molecule has 1 aliphatic rings. The van der Waals surface area contributed by atoms with Crippen molar-refractivity contribution in [1.29, 1.82) is 0 Å². The zero-order valence-electron chi connectivity index (χ0n) is 15.0. The minimum atomic E-state index is -0.323. The van der Waals surface area contributed by atoms with Gasteiger partial charge in [-0.1, -0.05) is 72.0 Å². The molecule has 1 N–H and O–H groups in total. The minimum Gasteiger partial charge on any atom is -0.325 e. The molecule has 1 aliphatic heterocycles. The molecule has 142 valence electrons. The van der Waals surface area contributed by atoms with Gasteiger partial charge in [0.25, 0.3) is 5.91 Å². The molecule has 3 rings (SSSR count). The molecular weight excluding hydrogens is 412 g/mol. The zero-order valence-corrected chi connectivity index (χ0v) is 17.4. The van der Waals surface area contributed by atoms with Gasteiger partial charge < -0.3 is 5.32 Å². The quantitative estimate of drug-likeness (QED) is 0.530. The van der Waals surface area contributed by atoms with Gasteiger partial charge in [-0.25, -0.2) is 0 Å². The van der Waals surface area contributed by atoms with Crippen LogP contribution >= 0.6 is 35.6 Å². The average molecular weight is 429 g/mol. The maximum atomic E-state index is 12.7. The molecule has 4 nitrogen and oxygen atoms in total. The van der Waals surface area contributed by atoms with Crippen LogP contribution in [0.5, 0.6) is 0 Å². The number of hydrogen-bond donors (Lipinski definition) is 1. The highest BCUT2D eigenvalue weighted by Crippen LogP contribution is 2.32. The minimum absolute atomic E-state index is 0.133. The second-order valence-electron chi connectivity index (χ2n) is 6.12. The lowest BCUT2D eigenvalue weighted by molar-refractivity contribution is -0.126. The number of amides is 2. The Morgan fingerprint density at radius 1 is 1.18 bits per heavy atom. The van der Waals surface area contributed by atoms with Crippen molar-refractivity contribution in [1.82, 2.24) is 4.90 Å². The van der Waals surface area contributed by atoms with Crippen LogP contribution in [0.3, 0.4) is 0 Å². The molecule has 2 aromatic rings. The second-order valence-corrected chi connectivity index (χ2v) is 8.23. The standard InChI is InChI=1S/C21H17ClN2O2S2/c1-14(11-15-5-3-2-4-6-15)12-18-20(26)24(21(27)28-18)13-19(25)23-17-9-7-16(22)8-10-17/h2-12H,13H2,1H3,(H,23,25)/b14-11+,18-12-. The maximum Gasteiger partial charge on any atom is 0.266 e. The van der Waals surface area contributed by atoms with Crippen LogP contribution in [-0.4, -0.2) is 27.6 Å². The molecule has 1 fully saturated rings. The van der Waals surface area contributed by atoms with E-state index in [1.54, 1.807) is 30.3 Å². The molecule has 0 saturated carbocycles. The molecule has 28 heavy (non-hydrogen) atoms. The van der Waals surface area contributed by atoms with Gasteiger partial charge in [0, 0.05) is 10.7 Å². The third-order valence-corrected chi connectivity index (χ3v) is 5.49. The smallest absolute Gasteiger partial charge is 0.266 e. The summed E-state index contributed by atoms with van der Waals surface area (Å²) in [5.41, 5.74) is 2.59. The Balaban J connectivity index is 1.66. The topological polar surface area (TPSA) is 49.4 Å². The van der Waals surface area contributed by atoms with E-state index in [2.05, 4.69) is 5.32 Å². The van der Waals surface area contributed by atoms with E-state index in [9.17, 15) is 9.59 Å². The third-order valence-electron chi connectivity index (χ3n) is 3.86. The van der Waals surface area contributed by atoms with E-state index in [0.29, 0.717) is 19.9 Å². The third kappa shape index (κ3) is 5.32. The van der Waals surface area contributed by atoms with Crippen molar-refractivity contribution in [2.75, 3.05) is 11.9 Å². The van der Waals surface area contributed by atoms with Crippen molar-refractivity contribution in [2.24, 2.45) is 0 Å². The van der Waals surface area contributed by atoms with Crippen molar-refractivity contribution < 1.29 is 9.59 Å². The summed E-state index contributed by atoms with van der Waals surface area (Å²) in [5.74, 6) is -0.585. The Hall–Kier alpha value is -2.41. The van der Waals surface area contributed by atoms with E-state index >= 15 is 0 Å². The summed E-state index contributed by atoms with van der Waals surface area (Å²) >= 11 is 12.3. The van der Waals surface area contributed by atoms with E-state index < -0.39 is 0 Å². The maximum absolute atomic E-state index is 12.7. The van der Waals surface area contributed by atoms with Crippen LogP contribution in [0.2, 0.25) is 5.02 Å².